The number of carbonyl (C=O) groups is 2. The minimum atomic E-state index is -0.421. The molecule has 0 saturated heterocycles. The van der Waals surface area contributed by atoms with Crippen molar-refractivity contribution in [1.82, 2.24) is 5.32 Å². The molecule has 2 rings (SSSR count). The number of esters is 1. The van der Waals surface area contributed by atoms with Crippen LogP contribution in [-0.4, -0.2) is 32.2 Å². The Morgan fingerprint density at radius 2 is 1.67 bits per heavy atom. The maximum absolute atomic E-state index is 11.9. The van der Waals surface area contributed by atoms with Crippen LogP contribution in [0.15, 0.2) is 54.6 Å². The number of hydrogen-bond acceptors (Lipinski definition) is 5. The van der Waals surface area contributed by atoms with E-state index in [2.05, 4.69) is 5.32 Å². The molecule has 0 saturated carbocycles. The van der Waals surface area contributed by atoms with Crippen LogP contribution in [-0.2, 0) is 14.3 Å². The molecule has 2 aromatic carbocycles. The molecular weight excluding hydrogens is 346 g/mol. The Morgan fingerprint density at radius 3 is 2.33 bits per heavy atom. The van der Waals surface area contributed by atoms with Gasteiger partial charge in [-0.3, -0.25) is 9.59 Å². The number of nitrogens with one attached hydrogen (secondary N) is 1. The van der Waals surface area contributed by atoms with Gasteiger partial charge >= 0.3 is 5.97 Å². The van der Waals surface area contributed by atoms with Crippen molar-refractivity contribution in [2.45, 2.75) is 25.8 Å². The summed E-state index contributed by atoms with van der Waals surface area (Å²) in [5.74, 6) is 0.717. The van der Waals surface area contributed by atoms with Gasteiger partial charge in [0.25, 0.3) is 5.91 Å². The summed E-state index contributed by atoms with van der Waals surface area (Å²) in [6, 6.07) is 16.7. The highest BCUT2D eigenvalue weighted by atomic mass is 16.5. The number of rotatable bonds is 10. The Bertz CT molecular complexity index is 715. The molecule has 6 nitrogen and oxygen atoms in total. The van der Waals surface area contributed by atoms with Gasteiger partial charge in [-0.25, -0.2) is 0 Å². The van der Waals surface area contributed by atoms with Crippen LogP contribution < -0.4 is 14.8 Å². The second-order valence-electron chi connectivity index (χ2n) is 5.99. The van der Waals surface area contributed by atoms with Crippen LogP contribution in [0.1, 0.15) is 31.4 Å². The zero-order valence-corrected chi connectivity index (χ0v) is 15.6. The average Bonchev–Trinajstić information content (AvgIpc) is 2.70. The zero-order valence-electron chi connectivity index (χ0n) is 15.6. The van der Waals surface area contributed by atoms with Crippen LogP contribution in [0.25, 0.3) is 0 Å². The van der Waals surface area contributed by atoms with Crippen molar-refractivity contribution in [3.05, 3.63) is 60.2 Å². The van der Waals surface area contributed by atoms with Crippen molar-refractivity contribution in [3.8, 4) is 11.5 Å². The van der Waals surface area contributed by atoms with E-state index in [1.54, 1.807) is 31.4 Å². The van der Waals surface area contributed by atoms with E-state index < -0.39 is 5.97 Å². The van der Waals surface area contributed by atoms with Gasteiger partial charge in [-0.15, -0.1) is 0 Å². The third-order valence-corrected chi connectivity index (χ3v) is 3.89. The fourth-order valence-electron chi connectivity index (χ4n) is 2.40. The second-order valence-corrected chi connectivity index (χ2v) is 5.99. The lowest BCUT2D eigenvalue weighted by molar-refractivity contribution is -0.148. The topological polar surface area (TPSA) is 73.9 Å². The number of hydrogen-bond donors (Lipinski definition) is 1. The first-order valence-electron chi connectivity index (χ1n) is 8.85. The van der Waals surface area contributed by atoms with E-state index in [4.69, 9.17) is 14.2 Å². The molecule has 0 aliphatic heterocycles. The zero-order chi connectivity index (χ0) is 19.5. The minimum absolute atomic E-state index is 0.143. The molecule has 1 N–H and O–H groups in total. The van der Waals surface area contributed by atoms with Crippen LogP contribution in [0, 0.1) is 0 Å². The molecule has 2 aromatic rings. The third-order valence-electron chi connectivity index (χ3n) is 3.89. The lowest BCUT2D eigenvalue weighted by Gasteiger charge is -2.14. The van der Waals surface area contributed by atoms with E-state index in [0.29, 0.717) is 18.8 Å². The molecule has 0 fully saturated rings. The summed E-state index contributed by atoms with van der Waals surface area (Å²) < 4.78 is 15.6. The molecule has 27 heavy (non-hydrogen) atoms. The van der Waals surface area contributed by atoms with Gasteiger partial charge in [0.1, 0.15) is 11.5 Å². The van der Waals surface area contributed by atoms with Crippen LogP contribution in [0.2, 0.25) is 0 Å². The van der Waals surface area contributed by atoms with E-state index in [1.807, 2.05) is 37.3 Å². The quantitative estimate of drug-likeness (QED) is 0.512. The molecule has 0 aromatic heterocycles. The Labute approximate surface area is 159 Å². The molecule has 1 amide bonds. The molecule has 6 heteroatoms. The van der Waals surface area contributed by atoms with Gasteiger partial charge < -0.3 is 19.5 Å². The summed E-state index contributed by atoms with van der Waals surface area (Å²) in [6.45, 7) is 1.99. The number of methoxy groups -OCH3 is 1. The van der Waals surface area contributed by atoms with Crippen molar-refractivity contribution < 1.29 is 23.8 Å². The highest BCUT2D eigenvalue weighted by molar-refractivity contribution is 5.80. The predicted octanol–water partition coefficient (Wildman–Crippen LogP) is 3.27. The number of amides is 1. The molecule has 0 aliphatic rings. The number of carbonyl (C=O) groups excluding carboxylic acids is 2. The smallest absolute Gasteiger partial charge is 0.306 e. The van der Waals surface area contributed by atoms with Gasteiger partial charge in [0.2, 0.25) is 0 Å². The van der Waals surface area contributed by atoms with Gasteiger partial charge in [-0.1, -0.05) is 30.3 Å². The van der Waals surface area contributed by atoms with Crippen molar-refractivity contribution in [3.63, 3.8) is 0 Å². The maximum Gasteiger partial charge on any atom is 0.306 e. The monoisotopic (exact) mass is 371 g/mol. The Hall–Kier alpha value is -3.02. The summed E-state index contributed by atoms with van der Waals surface area (Å²) in [4.78, 5) is 23.6. The van der Waals surface area contributed by atoms with E-state index >= 15 is 0 Å². The first-order chi connectivity index (χ1) is 13.1. The van der Waals surface area contributed by atoms with Gasteiger partial charge in [0.15, 0.2) is 6.61 Å². The summed E-state index contributed by atoms with van der Waals surface area (Å²) in [6.07, 6.45) is 0.699. The normalized spacial score (nSPS) is 11.3. The molecule has 0 heterocycles. The molecule has 1 atom stereocenters. The molecule has 0 bridgehead atoms. The summed E-state index contributed by atoms with van der Waals surface area (Å²) >= 11 is 0. The van der Waals surface area contributed by atoms with Crippen LogP contribution in [0.3, 0.4) is 0 Å². The largest absolute Gasteiger partial charge is 0.497 e. The van der Waals surface area contributed by atoms with Gasteiger partial charge in [-0.2, -0.15) is 0 Å². The van der Waals surface area contributed by atoms with E-state index in [-0.39, 0.29) is 25.0 Å². The predicted molar refractivity (Wildman–Crippen MR) is 102 cm³/mol. The third kappa shape index (κ3) is 7.40. The fourth-order valence-corrected chi connectivity index (χ4v) is 2.40. The highest BCUT2D eigenvalue weighted by Crippen LogP contribution is 2.17. The second kappa shape index (κ2) is 10.9. The number of benzene rings is 2. The molecule has 0 aliphatic carbocycles. The lowest BCUT2D eigenvalue weighted by atomic mass is 10.1. The first-order valence-corrected chi connectivity index (χ1v) is 8.85. The van der Waals surface area contributed by atoms with Gasteiger partial charge in [0, 0.05) is 6.42 Å². The van der Waals surface area contributed by atoms with Crippen molar-refractivity contribution in [1.29, 1.82) is 0 Å². The maximum atomic E-state index is 11.9. The van der Waals surface area contributed by atoms with E-state index in [9.17, 15) is 9.59 Å². The van der Waals surface area contributed by atoms with Crippen LogP contribution in [0.5, 0.6) is 11.5 Å². The standard InChI is InChI=1S/C21H25NO5/c1-16(17-7-4-3-5-8-17)22-20(23)15-27-21(24)9-6-14-26-19-12-10-18(25-2)11-13-19/h3-5,7-8,10-13,16H,6,9,14-15H2,1-2H3,(H,22,23)/t16-/m0/s1. The Balaban J connectivity index is 1.59. The molecule has 0 spiro atoms. The van der Waals surface area contributed by atoms with E-state index in [1.165, 1.54) is 0 Å². The minimum Gasteiger partial charge on any atom is -0.497 e. The van der Waals surface area contributed by atoms with Gasteiger partial charge in [0.05, 0.1) is 19.8 Å². The average molecular weight is 371 g/mol. The molecule has 0 unspecified atom stereocenters. The van der Waals surface area contributed by atoms with E-state index in [0.717, 1.165) is 11.3 Å². The van der Waals surface area contributed by atoms with Crippen molar-refractivity contribution in [2.24, 2.45) is 0 Å². The first kappa shape index (κ1) is 20.3. The SMILES string of the molecule is COc1ccc(OCCCC(=O)OCC(=O)N[C@@H](C)c2ccccc2)cc1. The summed E-state index contributed by atoms with van der Waals surface area (Å²) in [7, 11) is 1.60. The Kier molecular flexibility index (Phi) is 8.16. The summed E-state index contributed by atoms with van der Waals surface area (Å²) in [5.41, 5.74) is 0.993. The lowest BCUT2D eigenvalue weighted by Crippen LogP contribution is -2.31. The number of ether oxygens (including phenoxy) is 3. The Morgan fingerprint density at radius 1 is 1.00 bits per heavy atom. The molecular formula is C21H25NO5. The highest BCUT2D eigenvalue weighted by Gasteiger charge is 2.11. The molecule has 0 radical (unpaired) electrons. The van der Waals surface area contributed by atoms with Gasteiger partial charge in [-0.05, 0) is 43.2 Å². The fraction of sp³-hybridized carbons (Fsp3) is 0.333. The molecule has 144 valence electrons. The van der Waals surface area contributed by atoms with Crippen molar-refractivity contribution in [2.75, 3.05) is 20.3 Å². The van der Waals surface area contributed by atoms with Crippen LogP contribution >= 0.6 is 0 Å². The van der Waals surface area contributed by atoms with Crippen LogP contribution in [0.4, 0.5) is 0 Å². The van der Waals surface area contributed by atoms with Crippen molar-refractivity contribution >= 4 is 11.9 Å². The summed E-state index contributed by atoms with van der Waals surface area (Å²) in [5, 5.41) is 2.80.